The fourth-order valence-electron chi connectivity index (χ4n) is 4.19. The van der Waals surface area contributed by atoms with Gasteiger partial charge in [-0.2, -0.15) is 10.2 Å². The van der Waals surface area contributed by atoms with Crippen molar-refractivity contribution in [1.29, 1.82) is 0 Å². The van der Waals surface area contributed by atoms with Crippen LogP contribution in [0.5, 0.6) is 0 Å². The number of amides is 1. The van der Waals surface area contributed by atoms with Crippen LogP contribution in [0.2, 0.25) is 0 Å². The van der Waals surface area contributed by atoms with Crippen molar-refractivity contribution in [3.05, 3.63) is 66.1 Å². The first kappa shape index (κ1) is 19.3. The first-order valence-electron chi connectivity index (χ1n) is 10.4. The molecule has 1 fully saturated rings. The second-order valence-electron chi connectivity index (χ2n) is 7.89. The van der Waals surface area contributed by atoms with E-state index in [1.165, 1.54) is 12.1 Å². The SMILES string of the molecule is Cn1nc(C(=O)N[C@H]2CCCN(c3cc(-c4ccc(F)cc4)[nH]n3)C2)c2ccccc21. The van der Waals surface area contributed by atoms with E-state index in [2.05, 4.69) is 25.5 Å². The predicted octanol–water partition coefficient (Wildman–Crippen LogP) is 3.50. The third-order valence-electron chi connectivity index (χ3n) is 5.77. The molecule has 1 saturated heterocycles. The summed E-state index contributed by atoms with van der Waals surface area (Å²) in [6.45, 7) is 1.54. The summed E-state index contributed by atoms with van der Waals surface area (Å²) < 4.78 is 14.9. The molecule has 0 unspecified atom stereocenters. The number of H-pyrrole nitrogens is 1. The Hall–Kier alpha value is -3.68. The second kappa shape index (κ2) is 7.86. The van der Waals surface area contributed by atoms with Crippen LogP contribution in [-0.2, 0) is 7.05 Å². The number of halogens is 1. The molecule has 31 heavy (non-hydrogen) atoms. The number of fused-ring (bicyclic) bond motifs is 1. The van der Waals surface area contributed by atoms with Crippen LogP contribution >= 0.6 is 0 Å². The summed E-state index contributed by atoms with van der Waals surface area (Å²) in [5, 5.41) is 15.9. The molecule has 1 amide bonds. The van der Waals surface area contributed by atoms with Gasteiger partial charge in [0.25, 0.3) is 5.91 Å². The lowest BCUT2D eigenvalue weighted by atomic mass is 10.0. The Morgan fingerprint density at radius 2 is 2.00 bits per heavy atom. The summed E-state index contributed by atoms with van der Waals surface area (Å²) >= 11 is 0. The van der Waals surface area contributed by atoms with Crippen LogP contribution in [0, 0.1) is 5.82 Å². The average molecular weight is 418 g/mol. The molecule has 8 heteroatoms. The molecule has 0 aliphatic carbocycles. The van der Waals surface area contributed by atoms with Gasteiger partial charge < -0.3 is 10.2 Å². The minimum Gasteiger partial charge on any atom is -0.353 e. The minimum absolute atomic E-state index is 0.00740. The zero-order valence-electron chi connectivity index (χ0n) is 17.2. The molecule has 2 aromatic heterocycles. The van der Waals surface area contributed by atoms with Gasteiger partial charge in [0.2, 0.25) is 0 Å². The van der Waals surface area contributed by atoms with Gasteiger partial charge in [0.15, 0.2) is 11.5 Å². The number of hydrogen-bond donors (Lipinski definition) is 2. The molecule has 5 rings (SSSR count). The van der Waals surface area contributed by atoms with E-state index in [4.69, 9.17) is 0 Å². The van der Waals surface area contributed by atoms with Crippen molar-refractivity contribution >= 4 is 22.6 Å². The standard InChI is InChI=1S/C23H23FN6O/c1-29-20-7-3-2-6-18(20)22(28-29)23(31)25-17-5-4-12-30(14-17)21-13-19(26-27-21)15-8-10-16(24)11-9-15/h2-3,6-11,13,17H,4-5,12,14H2,1H3,(H,25,31)(H,26,27)/t17-/m0/s1. The van der Waals surface area contributed by atoms with Gasteiger partial charge in [0.1, 0.15) is 5.82 Å². The topological polar surface area (TPSA) is 78.8 Å². The largest absolute Gasteiger partial charge is 0.353 e. The smallest absolute Gasteiger partial charge is 0.272 e. The Kier molecular flexibility index (Phi) is 4.89. The number of aromatic nitrogens is 4. The Balaban J connectivity index is 1.29. The molecule has 3 heterocycles. The van der Waals surface area contributed by atoms with E-state index in [1.54, 1.807) is 16.8 Å². The third kappa shape index (κ3) is 3.76. The Labute approximate surface area is 178 Å². The number of nitrogens with zero attached hydrogens (tertiary/aromatic N) is 4. The Bertz CT molecular complexity index is 1230. The number of nitrogens with one attached hydrogen (secondary N) is 2. The maximum absolute atomic E-state index is 13.2. The van der Waals surface area contributed by atoms with E-state index in [1.807, 2.05) is 37.4 Å². The molecule has 2 N–H and O–H groups in total. The number of rotatable bonds is 4. The predicted molar refractivity (Wildman–Crippen MR) is 117 cm³/mol. The van der Waals surface area contributed by atoms with Gasteiger partial charge >= 0.3 is 0 Å². The van der Waals surface area contributed by atoms with Crippen LogP contribution in [-0.4, -0.2) is 45.0 Å². The Morgan fingerprint density at radius 3 is 2.84 bits per heavy atom. The number of anilines is 1. The van der Waals surface area contributed by atoms with Gasteiger partial charge in [-0.1, -0.05) is 18.2 Å². The van der Waals surface area contributed by atoms with Crippen molar-refractivity contribution in [3.8, 4) is 11.3 Å². The van der Waals surface area contributed by atoms with Crippen molar-refractivity contribution in [1.82, 2.24) is 25.3 Å². The lowest BCUT2D eigenvalue weighted by Gasteiger charge is -2.33. The molecule has 1 aliphatic heterocycles. The fourth-order valence-corrected chi connectivity index (χ4v) is 4.19. The van der Waals surface area contributed by atoms with E-state index >= 15 is 0 Å². The normalized spacial score (nSPS) is 16.6. The number of benzene rings is 2. The highest BCUT2D eigenvalue weighted by Gasteiger charge is 2.25. The maximum Gasteiger partial charge on any atom is 0.272 e. The van der Waals surface area contributed by atoms with E-state index in [-0.39, 0.29) is 17.8 Å². The van der Waals surface area contributed by atoms with Gasteiger partial charge in [-0.25, -0.2) is 4.39 Å². The molecule has 2 aromatic carbocycles. The lowest BCUT2D eigenvalue weighted by molar-refractivity contribution is 0.0929. The quantitative estimate of drug-likeness (QED) is 0.532. The maximum atomic E-state index is 13.2. The van der Waals surface area contributed by atoms with Crippen LogP contribution in [0.3, 0.4) is 0 Å². The molecule has 0 spiro atoms. The van der Waals surface area contributed by atoms with Crippen LogP contribution in [0.4, 0.5) is 10.2 Å². The van der Waals surface area contributed by atoms with E-state index < -0.39 is 0 Å². The highest BCUT2D eigenvalue weighted by molar-refractivity contribution is 6.05. The molecule has 0 saturated carbocycles. The molecule has 1 aliphatic rings. The molecule has 1 atom stereocenters. The first-order chi connectivity index (χ1) is 15.1. The molecular formula is C23H23FN6O. The van der Waals surface area contributed by atoms with Crippen molar-refractivity contribution in [2.24, 2.45) is 7.05 Å². The van der Waals surface area contributed by atoms with Gasteiger partial charge in [-0.3, -0.25) is 14.6 Å². The van der Waals surface area contributed by atoms with Gasteiger partial charge in [0, 0.05) is 37.6 Å². The summed E-state index contributed by atoms with van der Waals surface area (Å²) in [7, 11) is 1.84. The summed E-state index contributed by atoms with van der Waals surface area (Å²) in [6.07, 6.45) is 1.86. The van der Waals surface area contributed by atoms with Gasteiger partial charge in [0.05, 0.1) is 11.2 Å². The number of carbonyl (C=O) groups is 1. The number of aromatic amines is 1. The summed E-state index contributed by atoms with van der Waals surface area (Å²) in [4.78, 5) is 15.1. The molecule has 4 aromatic rings. The highest BCUT2D eigenvalue weighted by atomic mass is 19.1. The number of para-hydroxylation sites is 1. The molecule has 0 bridgehead atoms. The summed E-state index contributed by atoms with van der Waals surface area (Å²) in [6, 6.07) is 16.0. The third-order valence-corrected chi connectivity index (χ3v) is 5.77. The monoisotopic (exact) mass is 418 g/mol. The summed E-state index contributed by atoms with van der Waals surface area (Å²) in [5.41, 5.74) is 3.10. The molecular weight excluding hydrogens is 395 g/mol. The second-order valence-corrected chi connectivity index (χ2v) is 7.89. The number of hydrogen-bond acceptors (Lipinski definition) is 4. The van der Waals surface area contributed by atoms with Crippen molar-refractivity contribution in [2.45, 2.75) is 18.9 Å². The lowest BCUT2D eigenvalue weighted by Crippen LogP contribution is -2.48. The average Bonchev–Trinajstić information content (AvgIpc) is 3.40. The fraction of sp³-hybridized carbons (Fsp3) is 0.261. The van der Waals surface area contributed by atoms with Crippen LogP contribution in [0.25, 0.3) is 22.2 Å². The first-order valence-corrected chi connectivity index (χ1v) is 10.4. The van der Waals surface area contributed by atoms with Crippen LogP contribution < -0.4 is 10.2 Å². The Morgan fingerprint density at radius 1 is 1.19 bits per heavy atom. The zero-order valence-corrected chi connectivity index (χ0v) is 17.2. The van der Waals surface area contributed by atoms with Gasteiger partial charge in [-0.15, -0.1) is 0 Å². The minimum atomic E-state index is -0.265. The molecule has 158 valence electrons. The highest BCUT2D eigenvalue weighted by Crippen LogP contribution is 2.25. The van der Waals surface area contributed by atoms with E-state index in [0.717, 1.165) is 47.4 Å². The number of piperidine rings is 1. The summed E-state index contributed by atoms with van der Waals surface area (Å²) in [5.74, 6) is 0.401. The van der Waals surface area contributed by atoms with Crippen molar-refractivity contribution < 1.29 is 9.18 Å². The molecule has 0 radical (unpaired) electrons. The van der Waals surface area contributed by atoms with Crippen molar-refractivity contribution in [3.63, 3.8) is 0 Å². The number of carbonyl (C=O) groups excluding carboxylic acids is 1. The van der Waals surface area contributed by atoms with E-state index in [9.17, 15) is 9.18 Å². The van der Waals surface area contributed by atoms with Crippen LogP contribution in [0.15, 0.2) is 54.6 Å². The zero-order chi connectivity index (χ0) is 21.4. The van der Waals surface area contributed by atoms with Gasteiger partial charge in [-0.05, 0) is 48.7 Å². The molecule has 7 nitrogen and oxygen atoms in total. The number of aryl methyl sites for hydroxylation is 1. The van der Waals surface area contributed by atoms with Crippen LogP contribution in [0.1, 0.15) is 23.3 Å². The van der Waals surface area contributed by atoms with Crippen molar-refractivity contribution in [2.75, 3.05) is 18.0 Å². The van der Waals surface area contributed by atoms with E-state index in [0.29, 0.717) is 12.2 Å².